The average Bonchev–Trinajstić information content (AvgIpc) is 2.27. The molecule has 0 saturated heterocycles. The molecule has 17 heavy (non-hydrogen) atoms. The standard InChI is InChI=1S/C11H9F3N2O/c1-7-11(14,5-15-6-16-7)17-10-3-2-8(12)4-9(10)13/h2-5H,6H2,1H3. The lowest BCUT2D eigenvalue weighted by Crippen LogP contribution is -2.42. The summed E-state index contributed by atoms with van der Waals surface area (Å²) in [5.41, 5.74) is 0.0382. The largest absolute Gasteiger partial charge is 0.445 e. The second-order valence-corrected chi connectivity index (χ2v) is 3.52. The second kappa shape index (κ2) is 4.20. The molecule has 1 atom stereocenters. The van der Waals surface area contributed by atoms with E-state index < -0.39 is 23.2 Å². The molecule has 3 nitrogen and oxygen atoms in total. The molecule has 6 heteroatoms. The fraction of sp³-hybridized carbons (Fsp3) is 0.273. The summed E-state index contributed by atoms with van der Waals surface area (Å²) < 4.78 is 45.0. The van der Waals surface area contributed by atoms with Gasteiger partial charge in [-0.1, -0.05) is 0 Å². The fourth-order valence-electron chi connectivity index (χ4n) is 1.32. The number of rotatable bonds is 2. The normalized spacial score (nSPS) is 23.4. The van der Waals surface area contributed by atoms with Gasteiger partial charge in [-0.3, -0.25) is 9.98 Å². The molecule has 1 heterocycles. The maximum Gasteiger partial charge on any atom is 0.323 e. The van der Waals surface area contributed by atoms with E-state index in [4.69, 9.17) is 4.74 Å². The van der Waals surface area contributed by atoms with E-state index in [9.17, 15) is 13.2 Å². The lowest BCUT2D eigenvalue weighted by Gasteiger charge is -2.24. The van der Waals surface area contributed by atoms with Gasteiger partial charge in [0.1, 0.15) is 12.5 Å². The van der Waals surface area contributed by atoms with Gasteiger partial charge in [-0.25, -0.2) is 8.78 Å². The molecular weight excluding hydrogens is 233 g/mol. The summed E-state index contributed by atoms with van der Waals surface area (Å²) in [5.74, 6) is -4.51. The molecule has 0 bridgehead atoms. The van der Waals surface area contributed by atoms with Gasteiger partial charge in [0.25, 0.3) is 0 Å². The summed E-state index contributed by atoms with van der Waals surface area (Å²) in [4.78, 5) is 7.36. The zero-order chi connectivity index (χ0) is 12.5. The third-order valence-electron chi connectivity index (χ3n) is 2.29. The number of halogens is 3. The number of aliphatic imine (C=N–C) groups is 2. The Hall–Kier alpha value is -1.85. The first-order valence-electron chi connectivity index (χ1n) is 4.87. The van der Waals surface area contributed by atoms with E-state index in [-0.39, 0.29) is 12.4 Å². The van der Waals surface area contributed by atoms with Crippen LogP contribution in [-0.2, 0) is 0 Å². The third-order valence-corrected chi connectivity index (χ3v) is 2.29. The van der Waals surface area contributed by atoms with E-state index in [0.717, 1.165) is 18.3 Å². The Morgan fingerprint density at radius 3 is 2.76 bits per heavy atom. The minimum absolute atomic E-state index is 0.0382. The van der Waals surface area contributed by atoms with Crippen LogP contribution in [0, 0.1) is 11.6 Å². The van der Waals surface area contributed by atoms with Crippen molar-refractivity contribution in [2.24, 2.45) is 9.98 Å². The summed E-state index contributed by atoms with van der Waals surface area (Å²) >= 11 is 0. The molecule has 0 saturated carbocycles. The van der Waals surface area contributed by atoms with Gasteiger partial charge in [-0.05, 0) is 19.1 Å². The molecule has 0 amide bonds. The van der Waals surface area contributed by atoms with Gasteiger partial charge in [0.05, 0.1) is 11.9 Å². The number of hydrogen-bond acceptors (Lipinski definition) is 3. The molecule has 1 aromatic carbocycles. The highest BCUT2D eigenvalue weighted by Gasteiger charge is 2.36. The van der Waals surface area contributed by atoms with Crippen LogP contribution in [0.4, 0.5) is 13.2 Å². The Morgan fingerprint density at radius 2 is 2.12 bits per heavy atom. The molecule has 1 unspecified atom stereocenters. The summed E-state index contributed by atoms with van der Waals surface area (Å²) in [5, 5.41) is 0. The van der Waals surface area contributed by atoms with Crippen LogP contribution in [0.3, 0.4) is 0 Å². The minimum atomic E-state index is -2.38. The minimum Gasteiger partial charge on any atom is -0.445 e. The number of nitrogens with zero attached hydrogens (tertiary/aromatic N) is 2. The Labute approximate surface area is 95.7 Å². The van der Waals surface area contributed by atoms with E-state index in [1.165, 1.54) is 6.92 Å². The van der Waals surface area contributed by atoms with E-state index in [2.05, 4.69) is 9.98 Å². The van der Waals surface area contributed by atoms with Crippen LogP contribution in [0.2, 0.25) is 0 Å². The molecule has 1 aliphatic rings. The van der Waals surface area contributed by atoms with Crippen molar-refractivity contribution in [2.45, 2.75) is 12.8 Å². The molecular formula is C11H9F3N2O. The molecule has 0 radical (unpaired) electrons. The van der Waals surface area contributed by atoms with E-state index >= 15 is 0 Å². The van der Waals surface area contributed by atoms with Gasteiger partial charge in [-0.2, -0.15) is 4.39 Å². The topological polar surface area (TPSA) is 34.0 Å². The smallest absolute Gasteiger partial charge is 0.323 e. The average molecular weight is 242 g/mol. The van der Waals surface area contributed by atoms with Crippen LogP contribution in [0.25, 0.3) is 0 Å². The van der Waals surface area contributed by atoms with Gasteiger partial charge in [0, 0.05) is 6.07 Å². The first-order valence-corrected chi connectivity index (χ1v) is 4.87. The first kappa shape index (κ1) is 11.6. The van der Waals surface area contributed by atoms with Crippen LogP contribution in [0.5, 0.6) is 5.75 Å². The molecule has 1 aromatic rings. The van der Waals surface area contributed by atoms with Crippen molar-refractivity contribution in [3.63, 3.8) is 0 Å². The van der Waals surface area contributed by atoms with Gasteiger partial charge >= 0.3 is 5.85 Å². The first-order chi connectivity index (χ1) is 8.01. The summed E-state index contributed by atoms with van der Waals surface area (Å²) in [7, 11) is 0. The van der Waals surface area contributed by atoms with Crippen LogP contribution in [0.15, 0.2) is 28.2 Å². The quantitative estimate of drug-likeness (QED) is 0.784. The van der Waals surface area contributed by atoms with Gasteiger partial charge in [0.15, 0.2) is 11.6 Å². The Morgan fingerprint density at radius 1 is 1.35 bits per heavy atom. The number of ether oxygens (including phenoxy) is 1. The van der Waals surface area contributed by atoms with Crippen molar-refractivity contribution < 1.29 is 17.9 Å². The summed E-state index contributed by atoms with van der Waals surface area (Å²) in [6, 6.07) is 2.61. The maximum absolute atomic E-state index is 14.2. The maximum atomic E-state index is 14.2. The van der Waals surface area contributed by atoms with E-state index in [1.54, 1.807) is 0 Å². The Kier molecular flexibility index (Phi) is 2.87. The van der Waals surface area contributed by atoms with Crippen LogP contribution in [0.1, 0.15) is 6.92 Å². The van der Waals surface area contributed by atoms with Crippen molar-refractivity contribution in [1.29, 1.82) is 0 Å². The molecule has 2 rings (SSSR count). The molecule has 0 aliphatic carbocycles. The highest BCUT2D eigenvalue weighted by atomic mass is 19.2. The number of alkyl halides is 1. The Bertz CT molecular complexity index is 501. The number of hydrogen-bond donors (Lipinski definition) is 0. The fourth-order valence-corrected chi connectivity index (χ4v) is 1.32. The van der Waals surface area contributed by atoms with E-state index in [0.29, 0.717) is 6.07 Å². The highest BCUT2D eigenvalue weighted by Crippen LogP contribution is 2.25. The predicted molar refractivity (Wildman–Crippen MR) is 57.3 cm³/mol. The van der Waals surface area contributed by atoms with Crippen molar-refractivity contribution in [3.05, 3.63) is 29.8 Å². The zero-order valence-electron chi connectivity index (χ0n) is 8.95. The highest BCUT2D eigenvalue weighted by molar-refractivity contribution is 6.04. The summed E-state index contributed by atoms with van der Waals surface area (Å²) in [6.45, 7) is 1.53. The van der Waals surface area contributed by atoms with Crippen LogP contribution >= 0.6 is 0 Å². The van der Waals surface area contributed by atoms with Gasteiger partial charge < -0.3 is 4.74 Å². The molecule has 0 fully saturated rings. The molecule has 90 valence electrons. The van der Waals surface area contributed by atoms with Crippen molar-refractivity contribution in [3.8, 4) is 5.75 Å². The van der Waals surface area contributed by atoms with Crippen molar-refractivity contribution >= 4 is 11.9 Å². The van der Waals surface area contributed by atoms with Gasteiger partial charge in [-0.15, -0.1) is 0 Å². The monoisotopic (exact) mass is 242 g/mol. The van der Waals surface area contributed by atoms with Crippen molar-refractivity contribution in [2.75, 3.05) is 6.67 Å². The molecule has 0 aromatic heterocycles. The summed E-state index contributed by atoms with van der Waals surface area (Å²) in [6.07, 6.45) is 0.915. The van der Waals surface area contributed by atoms with E-state index in [1.807, 2.05) is 0 Å². The Balaban J connectivity index is 2.29. The predicted octanol–water partition coefficient (Wildman–Crippen LogP) is 2.51. The molecule has 0 spiro atoms. The number of benzene rings is 1. The lowest BCUT2D eigenvalue weighted by atomic mass is 10.2. The lowest BCUT2D eigenvalue weighted by molar-refractivity contribution is 0.0704. The third kappa shape index (κ3) is 2.30. The molecule has 1 aliphatic heterocycles. The second-order valence-electron chi connectivity index (χ2n) is 3.52. The van der Waals surface area contributed by atoms with Crippen LogP contribution < -0.4 is 4.74 Å². The molecule has 0 N–H and O–H groups in total. The van der Waals surface area contributed by atoms with Gasteiger partial charge in [0.2, 0.25) is 0 Å². The van der Waals surface area contributed by atoms with Crippen LogP contribution in [-0.4, -0.2) is 24.4 Å². The SMILES string of the molecule is CC1=NCN=CC1(F)Oc1ccc(F)cc1F. The zero-order valence-corrected chi connectivity index (χ0v) is 8.95. The van der Waals surface area contributed by atoms with Crippen molar-refractivity contribution in [1.82, 2.24) is 0 Å².